The molecule has 0 unspecified atom stereocenters. The molecule has 1 aliphatic rings. The quantitative estimate of drug-likeness (QED) is 0.557. The Balaban J connectivity index is 1.75. The first-order valence-corrected chi connectivity index (χ1v) is 6.72. The highest BCUT2D eigenvalue weighted by Crippen LogP contribution is 2.24. The summed E-state index contributed by atoms with van der Waals surface area (Å²) in [7, 11) is 0. The van der Waals surface area contributed by atoms with Crippen LogP contribution in [-0.2, 0) is 0 Å². The van der Waals surface area contributed by atoms with Gasteiger partial charge in [-0.3, -0.25) is 4.79 Å². The Morgan fingerprint density at radius 1 is 1.19 bits per heavy atom. The highest BCUT2D eigenvalue weighted by molar-refractivity contribution is 6.42. The molecule has 8 nitrogen and oxygen atoms in total. The molecule has 1 fully saturated rings. The van der Waals surface area contributed by atoms with Crippen LogP contribution in [0, 0.1) is 0 Å². The van der Waals surface area contributed by atoms with Gasteiger partial charge in [0.15, 0.2) is 12.0 Å². The number of aromatic nitrogens is 2. The topological polar surface area (TPSA) is 95.0 Å². The predicted octanol–water partition coefficient (Wildman–Crippen LogP) is 0.310. The van der Waals surface area contributed by atoms with Crippen LogP contribution in [0.2, 0.25) is 10.0 Å². The zero-order valence-corrected chi connectivity index (χ0v) is 12.0. The number of nitrogens with zero attached hydrogens (tertiary/aromatic N) is 2. The Morgan fingerprint density at radius 3 is 2.67 bits per heavy atom. The second-order valence-corrected chi connectivity index (χ2v) is 5.00. The van der Waals surface area contributed by atoms with Crippen molar-refractivity contribution in [1.29, 1.82) is 0 Å². The Labute approximate surface area is 129 Å². The summed E-state index contributed by atoms with van der Waals surface area (Å²) in [4.78, 5) is 12.0. The number of hydrogen-bond donors (Lipinski definition) is 5. The third-order valence-electron chi connectivity index (χ3n) is 2.76. The van der Waals surface area contributed by atoms with Gasteiger partial charge in [0.1, 0.15) is 0 Å². The third kappa shape index (κ3) is 3.16. The first-order valence-electron chi connectivity index (χ1n) is 5.96. The Morgan fingerprint density at radius 2 is 1.95 bits per heavy atom. The molecule has 1 aromatic carbocycles. The van der Waals surface area contributed by atoms with Gasteiger partial charge >= 0.3 is 0 Å². The standard InChI is InChI=1S/C11H11Cl2N7O/c12-7-2-1-6(5-8(7)13)20-4-3-9(17-20)10(21)14-11-15-18-19-16-11/h1-5,11,15-16,18-19H,(H,14,21). The molecule has 0 bridgehead atoms. The molecule has 0 spiro atoms. The van der Waals surface area contributed by atoms with E-state index < -0.39 is 6.29 Å². The minimum Gasteiger partial charge on any atom is -0.321 e. The number of nitrogens with one attached hydrogen (secondary N) is 5. The fourth-order valence-electron chi connectivity index (χ4n) is 1.75. The van der Waals surface area contributed by atoms with Gasteiger partial charge in [0.25, 0.3) is 5.91 Å². The molecule has 1 aromatic heterocycles. The molecule has 0 radical (unpaired) electrons. The van der Waals surface area contributed by atoms with Crippen molar-refractivity contribution in [2.45, 2.75) is 6.29 Å². The summed E-state index contributed by atoms with van der Waals surface area (Å²) in [5.74, 6) is -0.329. The summed E-state index contributed by atoms with van der Waals surface area (Å²) in [5, 5.41) is 7.76. The summed E-state index contributed by atoms with van der Waals surface area (Å²) < 4.78 is 1.54. The largest absolute Gasteiger partial charge is 0.321 e. The molecule has 0 saturated carbocycles. The third-order valence-corrected chi connectivity index (χ3v) is 3.50. The molecule has 2 heterocycles. The Bertz CT molecular complexity index is 668. The van der Waals surface area contributed by atoms with Crippen molar-refractivity contribution in [3.63, 3.8) is 0 Å². The second kappa shape index (κ2) is 5.98. The van der Waals surface area contributed by atoms with Crippen molar-refractivity contribution < 1.29 is 4.79 Å². The van der Waals surface area contributed by atoms with E-state index in [0.29, 0.717) is 15.7 Å². The maximum Gasteiger partial charge on any atom is 0.274 e. The molecule has 1 amide bonds. The Hall–Kier alpha value is -1.68. The summed E-state index contributed by atoms with van der Waals surface area (Å²) >= 11 is 11.8. The first-order chi connectivity index (χ1) is 10.1. The van der Waals surface area contributed by atoms with Gasteiger partial charge in [0.05, 0.1) is 15.7 Å². The van der Waals surface area contributed by atoms with E-state index >= 15 is 0 Å². The molecule has 0 atom stereocenters. The van der Waals surface area contributed by atoms with Crippen molar-refractivity contribution in [1.82, 2.24) is 37.0 Å². The molecule has 1 saturated heterocycles. The zero-order valence-electron chi connectivity index (χ0n) is 10.5. The smallest absolute Gasteiger partial charge is 0.274 e. The first kappa shape index (κ1) is 14.3. The van der Waals surface area contributed by atoms with Gasteiger partial charge in [0, 0.05) is 6.20 Å². The van der Waals surface area contributed by atoms with Crippen molar-refractivity contribution in [2.75, 3.05) is 0 Å². The van der Waals surface area contributed by atoms with Gasteiger partial charge in [-0.2, -0.15) is 16.2 Å². The van der Waals surface area contributed by atoms with Gasteiger partial charge < -0.3 is 5.32 Å². The van der Waals surface area contributed by atoms with Gasteiger partial charge in [-0.15, -0.1) is 0 Å². The van der Waals surface area contributed by atoms with Crippen LogP contribution >= 0.6 is 23.2 Å². The van der Waals surface area contributed by atoms with Gasteiger partial charge in [-0.25, -0.2) is 15.5 Å². The number of halogens is 2. The minimum atomic E-state index is -0.437. The normalized spacial score (nSPS) is 15.3. The van der Waals surface area contributed by atoms with Gasteiger partial charge in [-0.1, -0.05) is 23.2 Å². The fraction of sp³-hybridized carbons (Fsp3) is 0.0909. The minimum absolute atomic E-state index is 0.275. The van der Waals surface area contributed by atoms with E-state index in [2.05, 4.69) is 32.3 Å². The molecule has 110 valence electrons. The molecule has 10 heteroatoms. The van der Waals surface area contributed by atoms with Crippen LogP contribution in [0.5, 0.6) is 0 Å². The maximum absolute atomic E-state index is 12.0. The van der Waals surface area contributed by atoms with Crippen LogP contribution < -0.4 is 27.2 Å². The van der Waals surface area contributed by atoms with E-state index in [-0.39, 0.29) is 11.6 Å². The van der Waals surface area contributed by atoms with Crippen molar-refractivity contribution in [3.8, 4) is 5.69 Å². The number of carbonyl (C=O) groups is 1. The van der Waals surface area contributed by atoms with Gasteiger partial charge in [0.2, 0.25) is 0 Å². The lowest BCUT2D eigenvalue weighted by Crippen LogP contribution is -2.49. The SMILES string of the molecule is O=C(NC1NNNN1)c1ccn(-c2ccc(Cl)c(Cl)c2)n1. The van der Waals surface area contributed by atoms with Crippen LogP contribution in [0.1, 0.15) is 10.5 Å². The molecule has 1 aliphatic heterocycles. The summed E-state index contributed by atoms with van der Waals surface area (Å²) in [6.07, 6.45) is 1.23. The van der Waals surface area contributed by atoms with Crippen LogP contribution in [0.4, 0.5) is 0 Å². The van der Waals surface area contributed by atoms with Crippen molar-refractivity contribution >= 4 is 29.1 Å². The van der Waals surface area contributed by atoms with Crippen LogP contribution in [0.15, 0.2) is 30.5 Å². The monoisotopic (exact) mass is 327 g/mol. The molecule has 0 aliphatic carbocycles. The number of hydrazine groups is 3. The maximum atomic E-state index is 12.0. The molecule has 5 N–H and O–H groups in total. The average Bonchev–Trinajstić information content (AvgIpc) is 3.12. The van der Waals surface area contributed by atoms with Crippen molar-refractivity contribution in [2.24, 2.45) is 0 Å². The van der Waals surface area contributed by atoms with E-state index in [9.17, 15) is 4.79 Å². The molecule has 3 rings (SSSR count). The molecular weight excluding hydrogens is 317 g/mol. The summed E-state index contributed by atoms with van der Waals surface area (Å²) in [6, 6.07) is 6.71. The lowest BCUT2D eigenvalue weighted by Gasteiger charge is -2.09. The molecule has 21 heavy (non-hydrogen) atoms. The second-order valence-electron chi connectivity index (χ2n) is 4.19. The van der Waals surface area contributed by atoms with E-state index in [1.807, 2.05) is 0 Å². The van der Waals surface area contributed by atoms with Crippen LogP contribution in [0.3, 0.4) is 0 Å². The number of rotatable bonds is 3. The molecule has 2 aromatic rings. The van der Waals surface area contributed by atoms with E-state index in [1.54, 1.807) is 35.1 Å². The average molecular weight is 328 g/mol. The van der Waals surface area contributed by atoms with E-state index in [0.717, 1.165) is 0 Å². The predicted molar refractivity (Wildman–Crippen MR) is 77.4 cm³/mol. The summed E-state index contributed by atoms with van der Waals surface area (Å²) in [6.45, 7) is 0. The lowest BCUT2D eigenvalue weighted by atomic mass is 10.3. The summed E-state index contributed by atoms with van der Waals surface area (Å²) in [5.41, 5.74) is 11.6. The number of carbonyl (C=O) groups excluding carboxylic acids is 1. The highest BCUT2D eigenvalue weighted by Gasteiger charge is 2.18. The van der Waals surface area contributed by atoms with Crippen molar-refractivity contribution in [3.05, 3.63) is 46.2 Å². The zero-order chi connectivity index (χ0) is 14.8. The highest BCUT2D eigenvalue weighted by atomic mass is 35.5. The van der Waals surface area contributed by atoms with Crippen LogP contribution in [0.25, 0.3) is 5.69 Å². The van der Waals surface area contributed by atoms with E-state index in [1.165, 1.54) is 0 Å². The lowest BCUT2D eigenvalue weighted by molar-refractivity contribution is 0.0921. The Kier molecular flexibility index (Phi) is 4.06. The number of hydrogen-bond acceptors (Lipinski definition) is 6. The number of benzene rings is 1. The van der Waals surface area contributed by atoms with Crippen LogP contribution in [-0.4, -0.2) is 22.0 Å². The van der Waals surface area contributed by atoms with E-state index in [4.69, 9.17) is 23.2 Å². The fourth-order valence-corrected chi connectivity index (χ4v) is 2.04. The van der Waals surface area contributed by atoms with Gasteiger partial charge in [-0.05, 0) is 24.3 Å². The number of amides is 1. The molecular formula is C11H11Cl2N7O.